The lowest BCUT2D eigenvalue weighted by Crippen LogP contribution is -2.44. The molecular weight excluding hydrogens is 316 g/mol. The first kappa shape index (κ1) is 14.0. The Morgan fingerprint density at radius 1 is 1.47 bits per heavy atom. The van der Waals surface area contributed by atoms with Crippen LogP contribution in [0.5, 0.6) is 0 Å². The summed E-state index contributed by atoms with van der Waals surface area (Å²) in [5.41, 5.74) is 0.410. The fourth-order valence-electron chi connectivity index (χ4n) is 2.04. The summed E-state index contributed by atoms with van der Waals surface area (Å²) in [6.07, 6.45) is 3.03. The van der Waals surface area contributed by atoms with Crippen molar-refractivity contribution in [3.05, 3.63) is 28.5 Å². The molecule has 6 nitrogen and oxygen atoms in total. The summed E-state index contributed by atoms with van der Waals surface area (Å²) >= 11 is 3.25. The molecule has 0 aromatic carbocycles. The quantitative estimate of drug-likeness (QED) is 0.895. The van der Waals surface area contributed by atoms with E-state index in [1.54, 1.807) is 19.3 Å². The van der Waals surface area contributed by atoms with Gasteiger partial charge in [-0.05, 0) is 22.0 Å². The topological polar surface area (TPSA) is 79.7 Å². The van der Waals surface area contributed by atoms with Crippen molar-refractivity contribution < 1.29 is 19.4 Å². The van der Waals surface area contributed by atoms with Gasteiger partial charge in [-0.2, -0.15) is 0 Å². The molecule has 1 amide bonds. The van der Waals surface area contributed by atoms with Crippen LogP contribution < -0.4 is 0 Å². The number of carbonyl (C=O) groups is 2. The van der Waals surface area contributed by atoms with Crippen LogP contribution >= 0.6 is 15.9 Å². The molecule has 0 saturated carbocycles. The molecule has 1 aromatic rings. The van der Waals surface area contributed by atoms with Crippen LogP contribution in [-0.2, 0) is 9.53 Å². The highest BCUT2D eigenvalue weighted by Crippen LogP contribution is 2.21. The number of hydrogen-bond acceptors (Lipinski definition) is 4. The Balaban J connectivity index is 2.17. The Labute approximate surface area is 118 Å². The van der Waals surface area contributed by atoms with Gasteiger partial charge in [-0.25, -0.2) is 0 Å². The average Bonchev–Trinajstić information content (AvgIpc) is 2.86. The monoisotopic (exact) mass is 328 g/mol. The van der Waals surface area contributed by atoms with E-state index in [0.29, 0.717) is 10.0 Å². The third-order valence-corrected chi connectivity index (χ3v) is 3.57. The lowest BCUT2D eigenvalue weighted by molar-refractivity contribution is -0.142. The first-order valence-electron chi connectivity index (χ1n) is 5.69. The van der Waals surface area contributed by atoms with Gasteiger partial charge in [-0.1, -0.05) is 0 Å². The Morgan fingerprint density at radius 3 is 2.84 bits per heavy atom. The lowest BCUT2D eigenvalue weighted by Gasteiger charge is -2.26. The van der Waals surface area contributed by atoms with Crippen molar-refractivity contribution in [2.75, 3.05) is 20.3 Å². The SMILES string of the molecule is CN(C(=O)c1cncc(Br)c1)C1COCC1C(=O)O. The molecule has 102 valence electrons. The minimum absolute atomic E-state index is 0.133. The van der Waals surface area contributed by atoms with Crippen molar-refractivity contribution in [3.8, 4) is 0 Å². The first-order valence-corrected chi connectivity index (χ1v) is 6.48. The summed E-state index contributed by atoms with van der Waals surface area (Å²) < 4.78 is 5.86. The van der Waals surface area contributed by atoms with Crippen molar-refractivity contribution in [1.29, 1.82) is 0 Å². The highest BCUT2D eigenvalue weighted by Gasteiger charge is 2.38. The van der Waals surface area contributed by atoms with Gasteiger partial charge in [0, 0.05) is 23.9 Å². The molecule has 1 aliphatic rings. The molecule has 0 bridgehead atoms. The Morgan fingerprint density at radius 2 is 2.21 bits per heavy atom. The minimum atomic E-state index is -0.950. The van der Waals surface area contributed by atoms with E-state index >= 15 is 0 Å². The van der Waals surface area contributed by atoms with Gasteiger partial charge < -0.3 is 14.7 Å². The van der Waals surface area contributed by atoms with Crippen LogP contribution in [0.15, 0.2) is 22.9 Å². The number of aliphatic carboxylic acids is 1. The molecule has 1 aliphatic heterocycles. The predicted octanol–water partition coefficient (Wildman–Crippen LogP) is 1.02. The van der Waals surface area contributed by atoms with Crippen LogP contribution in [0.25, 0.3) is 0 Å². The van der Waals surface area contributed by atoms with E-state index < -0.39 is 17.9 Å². The van der Waals surface area contributed by atoms with Gasteiger partial charge in [0.25, 0.3) is 5.91 Å². The third-order valence-electron chi connectivity index (χ3n) is 3.14. The number of amides is 1. The van der Waals surface area contributed by atoms with Crippen LogP contribution in [0.4, 0.5) is 0 Å². The molecular formula is C12H13BrN2O4. The number of pyridine rings is 1. The maximum atomic E-state index is 12.3. The molecule has 1 N–H and O–H groups in total. The standard InChI is InChI=1S/C12H13BrN2O4/c1-15(10-6-19-5-9(10)12(17)18)11(16)7-2-8(13)4-14-3-7/h2-4,9-10H,5-6H2,1H3,(H,17,18). The van der Waals surface area contributed by atoms with E-state index in [9.17, 15) is 9.59 Å². The van der Waals surface area contributed by atoms with Gasteiger partial charge in [0.1, 0.15) is 5.92 Å². The highest BCUT2D eigenvalue weighted by molar-refractivity contribution is 9.10. The second-order valence-electron chi connectivity index (χ2n) is 4.36. The van der Waals surface area contributed by atoms with Crippen molar-refractivity contribution in [2.24, 2.45) is 5.92 Å². The molecule has 2 rings (SSSR count). The molecule has 0 spiro atoms. The van der Waals surface area contributed by atoms with Gasteiger partial charge in [-0.15, -0.1) is 0 Å². The minimum Gasteiger partial charge on any atom is -0.481 e. The second kappa shape index (κ2) is 5.66. The average molecular weight is 329 g/mol. The summed E-state index contributed by atoms with van der Waals surface area (Å²) in [6, 6.07) is 1.20. The molecule has 2 heterocycles. The summed E-state index contributed by atoms with van der Waals surface area (Å²) in [4.78, 5) is 28.7. The second-order valence-corrected chi connectivity index (χ2v) is 5.27. The zero-order valence-electron chi connectivity index (χ0n) is 10.2. The Kier molecular flexibility index (Phi) is 4.16. The zero-order valence-corrected chi connectivity index (χ0v) is 11.8. The number of hydrogen-bond donors (Lipinski definition) is 1. The molecule has 1 fully saturated rings. The van der Waals surface area contributed by atoms with Crippen LogP contribution in [0.2, 0.25) is 0 Å². The van der Waals surface area contributed by atoms with E-state index in [2.05, 4.69) is 20.9 Å². The highest BCUT2D eigenvalue weighted by atomic mass is 79.9. The summed E-state index contributed by atoms with van der Waals surface area (Å²) in [5.74, 6) is -1.90. The maximum absolute atomic E-state index is 12.3. The van der Waals surface area contributed by atoms with Gasteiger partial charge in [0.05, 0.1) is 24.8 Å². The normalized spacial score (nSPS) is 22.2. The number of likely N-dealkylation sites (N-methyl/N-ethyl adjacent to an activating group) is 1. The summed E-state index contributed by atoms with van der Waals surface area (Å²) in [7, 11) is 1.58. The number of ether oxygens (including phenoxy) is 1. The summed E-state index contributed by atoms with van der Waals surface area (Å²) in [6.45, 7) is 0.370. The van der Waals surface area contributed by atoms with E-state index in [1.807, 2.05) is 0 Å². The van der Waals surface area contributed by atoms with E-state index in [1.165, 1.54) is 11.1 Å². The molecule has 7 heteroatoms. The number of aromatic nitrogens is 1. The number of carboxylic acid groups (broad SMARTS) is 1. The summed E-state index contributed by atoms with van der Waals surface area (Å²) in [5, 5.41) is 9.09. The zero-order chi connectivity index (χ0) is 14.0. The van der Waals surface area contributed by atoms with Gasteiger partial charge in [0.2, 0.25) is 0 Å². The Bertz CT molecular complexity index is 508. The molecule has 19 heavy (non-hydrogen) atoms. The van der Waals surface area contributed by atoms with Crippen molar-refractivity contribution in [2.45, 2.75) is 6.04 Å². The lowest BCUT2D eigenvalue weighted by atomic mass is 10.0. The van der Waals surface area contributed by atoms with Crippen molar-refractivity contribution >= 4 is 27.8 Å². The molecule has 1 saturated heterocycles. The van der Waals surface area contributed by atoms with E-state index in [0.717, 1.165) is 0 Å². The smallest absolute Gasteiger partial charge is 0.311 e. The van der Waals surface area contributed by atoms with Gasteiger partial charge >= 0.3 is 5.97 Å². The molecule has 2 unspecified atom stereocenters. The van der Waals surface area contributed by atoms with Gasteiger partial charge in [-0.3, -0.25) is 14.6 Å². The molecule has 2 atom stereocenters. The van der Waals surface area contributed by atoms with Crippen LogP contribution in [0, 0.1) is 5.92 Å². The molecule has 1 aromatic heterocycles. The van der Waals surface area contributed by atoms with E-state index in [-0.39, 0.29) is 19.1 Å². The Hall–Kier alpha value is -1.47. The fourth-order valence-corrected chi connectivity index (χ4v) is 2.41. The van der Waals surface area contributed by atoms with Crippen LogP contribution in [0.1, 0.15) is 10.4 Å². The van der Waals surface area contributed by atoms with E-state index in [4.69, 9.17) is 9.84 Å². The fraction of sp³-hybridized carbons (Fsp3) is 0.417. The van der Waals surface area contributed by atoms with Crippen molar-refractivity contribution in [1.82, 2.24) is 9.88 Å². The number of rotatable bonds is 3. The predicted molar refractivity (Wildman–Crippen MR) is 69.8 cm³/mol. The number of halogens is 1. The van der Waals surface area contributed by atoms with Crippen molar-refractivity contribution in [3.63, 3.8) is 0 Å². The van der Waals surface area contributed by atoms with Gasteiger partial charge in [0.15, 0.2) is 0 Å². The molecule has 0 aliphatic carbocycles. The third kappa shape index (κ3) is 2.93. The maximum Gasteiger partial charge on any atom is 0.311 e. The first-order chi connectivity index (χ1) is 9.00. The largest absolute Gasteiger partial charge is 0.481 e. The number of nitrogens with zero attached hydrogens (tertiary/aromatic N) is 2. The number of carboxylic acids is 1. The number of carbonyl (C=O) groups excluding carboxylic acids is 1. The van der Waals surface area contributed by atoms with Crippen LogP contribution in [-0.4, -0.2) is 53.2 Å². The van der Waals surface area contributed by atoms with Crippen LogP contribution in [0.3, 0.4) is 0 Å². The molecule has 0 radical (unpaired) electrons.